The topological polar surface area (TPSA) is 27.8 Å². The van der Waals surface area contributed by atoms with Gasteiger partial charge in [-0.3, -0.25) is 0 Å². The molecule has 2 rings (SSSR count). The van der Waals surface area contributed by atoms with E-state index in [0.717, 1.165) is 6.54 Å². The maximum atomic E-state index is 3.56. The van der Waals surface area contributed by atoms with Gasteiger partial charge in [0.1, 0.15) is 0 Å². The van der Waals surface area contributed by atoms with Crippen LogP contribution in [-0.4, -0.2) is 22.5 Å². The maximum absolute atomic E-state index is 3.56. The fourth-order valence-corrected chi connectivity index (χ4v) is 2.57. The van der Waals surface area contributed by atoms with Gasteiger partial charge >= 0.3 is 0 Å². The van der Waals surface area contributed by atoms with Gasteiger partial charge in [0.15, 0.2) is 0 Å². The lowest BCUT2D eigenvalue weighted by Gasteiger charge is -2.13. The van der Waals surface area contributed by atoms with E-state index in [-0.39, 0.29) is 0 Å². The quantitative estimate of drug-likeness (QED) is 0.820. The zero-order chi connectivity index (χ0) is 12.1. The Morgan fingerprint density at radius 3 is 3.06 bits per heavy atom. The Kier molecular flexibility index (Phi) is 4.51. The molecule has 0 bridgehead atoms. The molecule has 17 heavy (non-hydrogen) atoms. The second-order valence-electron chi connectivity index (χ2n) is 4.34. The van der Waals surface area contributed by atoms with Crippen molar-refractivity contribution in [1.82, 2.24) is 10.3 Å². The third-order valence-electron chi connectivity index (χ3n) is 2.84. The highest BCUT2D eigenvalue weighted by molar-refractivity contribution is 7.99. The summed E-state index contributed by atoms with van der Waals surface area (Å²) in [6.07, 6.45) is 1.99. The fraction of sp³-hybridized carbons (Fsp3) is 0.429. The number of rotatable bonds is 6. The van der Waals surface area contributed by atoms with Crippen molar-refractivity contribution in [3.05, 3.63) is 36.0 Å². The summed E-state index contributed by atoms with van der Waals surface area (Å²) < 4.78 is 0. The molecule has 0 aliphatic carbocycles. The van der Waals surface area contributed by atoms with Gasteiger partial charge in [0.05, 0.1) is 0 Å². The normalized spacial score (nSPS) is 13.1. The molecule has 1 unspecified atom stereocenters. The number of aromatic nitrogens is 1. The molecule has 0 saturated heterocycles. The molecular weight excluding hydrogens is 228 g/mol. The first-order chi connectivity index (χ1) is 8.29. The Morgan fingerprint density at radius 1 is 1.35 bits per heavy atom. The first-order valence-corrected chi connectivity index (χ1v) is 7.32. The highest BCUT2D eigenvalue weighted by Crippen LogP contribution is 2.14. The van der Waals surface area contributed by atoms with Crippen LogP contribution in [0.1, 0.15) is 19.4 Å². The van der Waals surface area contributed by atoms with Crippen LogP contribution in [0, 0.1) is 0 Å². The maximum Gasteiger partial charge on any atom is 0.0454 e. The third kappa shape index (κ3) is 3.51. The van der Waals surface area contributed by atoms with Crippen LogP contribution in [0.3, 0.4) is 0 Å². The summed E-state index contributed by atoms with van der Waals surface area (Å²) in [5.41, 5.74) is 2.56. The molecule has 0 aliphatic rings. The van der Waals surface area contributed by atoms with Crippen molar-refractivity contribution >= 4 is 22.7 Å². The van der Waals surface area contributed by atoms with Crippen LogP contribution in [0.25, 0.3) is 10.9 Å². The van der Waals surface area contributed by atoms with Crippen molar-refractivity contribution in [3.63, 3.8) is 0 Å². The average molecular weight is 248 g/mol. The van der Waals surface area contributed by atoms with E-state index in [9.17, 15) is 0 Å². The first-order valence-electron chi connectivity index (χ1n) is 6.16. The number of benzene rings is 1. The van der Waals surface area contributed by atoms with Crippen molar-refractivity contribution < 1.29 is 0 Å². The van der Waals surface area contributed by atoms with Crippen molar-refractivity contribution in [2.24, 2.45) is 0 Å². The van der Waals surface area contributed by atoms with E-state index in [2.05, 4.69) is 48.4 Å². The monoisotopic (exact) mass is 248 g/mol. The van der Waals surface area contributed by atoms with Crippen molar-refractivity contribution in [2.45, 2.75) is 26.4 Å². The predicted molar refractivity (Wildman–Crippen MR) is 77.6 cm³/mol. The summed E-state index contributed by atoms with van der Waals surface area (Å²) in [6.45, 7) is 5.40. The highest BCUT2D eigenvalue weighted by atomic mass is 32.2. The third-order valence-corrected chi connectivity index (χ3v) is 3.99. The van der Waals surface area contributed by atoms with Crippen LogP contribution < -0.4 is 5.32 Å². The van der Waals surface area contributed by atoms with Gasteiger partial charge in [-0.15, -0.1) is 0 Å². The molecule has 0 saturated carbocycles. The number of hydrogen-bond acceptors (Lipinski definition) is 2. The lowest BCUT2D eigenvalue weighted by molar-refractivity contribution is 0.596. The van der Waals surface area contributed by atoms with E-state index in [0.29, 0.717) is 6.04 Å². The summed E-state index contributed by atoms with van der Waals surface area (Å²) in [4.78, 5) is 3.22. The minimum absolute atomic E-state index is 0.571. The number of hydrogen-bond donors (Lipinski definition) is 2. The van der Waals surface area contributed by atoms with E-state index in [1.165, 1.54) is 28.0 Å². The van der Waals surface area contributed by atoms with Gasteiger partial charge in [-0.05, 0) is 41.8 Å². The van der Waals surface area contributed by atoms with Crippen LogP contribution in [0.15, 0.2) is 30.5 Å². The molecular formula is C14H20N2S. The minimum atomic E-state index is 0.571. The van der Waals surface area contributed by atoms with Gasteiger partial charge in [0, 0.05) is 30.1 Å². The summed E-state index contributed by atoms with van der Waals surface area (Å²) in [5, 5.41) is 4.85. The lowest BCUT2D eigenvalue weighted by Crippen LogP contribution is -2.27. The van der Waals surface area contributed by atoms with Crippen molar-refractivity contribution in [2.75, 3.05) is 11.5 Å². The van der Waals surface area contributed by atoms with Gasteiger partial charge in [-0.2, -0.15) is 11.8 Å². The highest BCUT2D eigenvalue weighted by Gasteiger charge is 2.02. The molecule has 92 valence electrons. The number of aromatic amines is 1. The van der Waals surface area contributed by atoms with E-state index < -0.39 is 0 Å². The van der Waals surface area contributed by atoms with Gasteiger partial charge in [-0.25, -0.2) is 0 Å². The van der Waals surface area contributed by atoms with Gasteiger partial charge in [0.2, 0.25) is 0 Å². The van der Waals surface area contributed by atoms with E-state index >= 15 is 0 Å². The molecule has 0 radical (unpaired) electrons. The molecule has 0 aliphatic heterocycles. The minimum Gasteiger partial charge on any atom is -0.361 e. The Bertz CT molecular complexity index is 464. The predicted octanol–water partition coefficient (Wildman–Crippen LogP) is 3.40. The van der Waals surface area contributed by atoms with Crippen LogP contribution in [-0.2, 0) is 6.54 Å². The van der Waals surface area contributed by atoms with Gasteiger partial charge in [-0.1, -0.05) is 13.0 Å². The lowest BCUT2D eigenvalue weighted by atomic mass is 10.1. The van der Waals surface area contributed by atoms with Gasteiger partial charge in [0.25, 0.3) is 0 Å². The second kappa shape index (κ2) is 6.12. The fourth-order valence-electron chi connectivity index (χ4n) is 1.86. The smallest absolute Gasteiger partial charge is 0.0454 e. The molecule has 0 fully saturated rings. The number of fused-ring (bicyclic) bond motifs is 1. The molecule has 2 nitrogen and oxygen atoms in total. The Labute approximate surface area is 107 Å². The van der Waals surface area contributed by atoms with E-state index in [4.69, 9.17) is 0 Å². The average Bonchev–Trinajstić information content (AvgIpc) is 2.81. The number of H-pyrrole nitrogens is 1. The zero-order valence-corrected chi connectivity index (χ0v) is 11.3. The molecule has 1 atom stereocenters. The summed E-state index contributed by atoms with van der Waals surface area (Å²) in [7, 11) is 0. The molecule has 2 N–H and O–H groups in total. The Morgan fingerprint density at radius 2 is 2.24 bits per heavy atom. The molecule has 0 spiro atoms. The molecule has 0 amide bonds. The van der Waals surface area contributed by atoms with Crippen LogP contribution >= 0.6 is 11.8 Å². The molecule has 1 heterocycles. The zero-order valence-electron chi connectivity index (χ0n) is 10.5. The van der Waals surface area contributed by atoms with Crippen LogP contribution in [0.2, 0.25) is 0 Å². The SMILES string of the molecule is CCSCC(C)NCc1ccc2[nH]ccc2c1. The summed E-state index contributed by atoms with van der Waals surface area (Å²) in [5.74, 6) is 2.38. The largest absolute Gasteiger partial charge is 0.361 e. The molecule has 3 heteroatoms. The van der Waals surface area contributed by atoms with Crippen LogP contribution in [0.5, 0.6) is 0 Å². The second-order valence-corrected chi connectivity index (χ2v) is 5.66. The molecule has 2 aromatic rings. The van der Waals surface area contributed by atoms with E-state index in [1.54, 1.807) is 0 Å². The first kappa shape index (κ1) is 12.5. The Hall–Kier alpha value is -0.930. The standard InChI is InChI=1S/C14H20N2S/c1-3-17-10-11(2)16-9-12-4-5-14-13(8-12)6-7-15-14/h4-8,11,15-16H,3,9-10H2,1-2H3. The van der Waals surface area contributed by atoms with Crippen LogP contribution in [0.4, 0.5) is 0 Å². The van der Waals surface area contributed by atoms with Crippen molar-refractivity contribution in [3.8, 4) is 0 Å². The molecule has 1 aromatic heterocycles. The molecule has 1 aromatic carbocycles. The number of nitrogens with one attached hydrogen (secondary N) is 2. The van der Waals surface area contributed by atoms with Gasteiger partial charge < -0.3 is 10.3 Å². The summed E-state index contributed by atoms with van der Waals surface area (Å²) >= 11 is 1.99. The van der Waals surface area contributed by atoms with E-state index in [1.807, 2.05) is 18.0 Å². The summed E-state index contributed by atoms with van der Waals surface area (Å²) in [6, 6.07) is 9.28. The Balaban J connectivity index is 1.89. The number of thioether (sulfide) groups is 1. The van der Waals surface area contributed by atoms with Crippen molar-refractivity contribution in [1.29, 1.82) is 0 Å².